The minimum absolute atomic E-state index is 0.219. The third-order valence-corrected chi connectivity index (χ3v) is 6.69. The van der Waals surface area contributed by atoms with Crippen molar-refractivity contribution >= 4 is 27.4 Å². The van der Waals surface area contributed by atoms with Crippen LogP contribution >= 0.6 is 0 Å². The van der Waals surface area contributed by atoms with E-state index in [0.717, 1.165) is 16.9 Å². The SMILES string of the molecule is Cc1ccc(S(=O)(=O)N(C)c2ccc(C(=O)NCc3ccnc(N(C)C)c3)cc2)cc1. The van der Waals surface area contributed by atoms with Gasteiger partial charge in [-0.1, -0.05) is 17.7 Å². The Labute approximate surface area is 183 Å². The molecule has 7 nitrogen and oxygen atoms in total. The molecule has 3 aromatic rings. The standard InChI is InChI=1S/C23H26N4O3S/c1-17-5-11-21(12-6-17)31(29,30)27(4)20-9-7-19(8-10-20)23(28)25-16-18-13-14-24-22(15-18)26(2)3/h5-15H,16H2,1-4H3,(H,25,28). The molecule has 2 aromatic carbocycles. The lowest BCUT2D eigenvalue weighted by molar-refractivity contribution is 0.0951. The summed E-state index contributed by atoms with van der Waals surface area (Å²) in [5.74, 6) is 0.577. The van der Waals surface area contributed by atoms with Gasteiger partial charge in [0.25, 0.3) is 15.9 Å². The summed E-state index contributed by atoms with van der Waals surface area (Å²) >= 11 is 0. The molecule has 162 valence electrons. The van der Waals surface area contributed by atoms with Crippen molar-refractivity contribution < 1.29 is 13.2 Å². The largest absolute Gasteiger partial charge is 0.363 e. The van der Waals surface area contributed by atoms with Gasteiger partial charge >= 0.3 is 0 Å². The number of nitrogens with one attached hydrogen (secondary N) is 1. The van der Waals surface area contributed by atoms with Crippen LogP contribution in [0.1, 0.15) is 21.5 Å². The molecular weight excluding hydrogens is 412 g/mol. The van der Waals surface area contributed by atoms with Gasteiger partial charge in [0.1, 0.15) is 5.82 Å². The Hall–Kier alpha value is -3.39. The van der Waals surface area contributed by atoms with E-state index in [4.69, 9.17) is 0 Å². The number of pyridine rings is 1. The van der Waals surface area contributed by atoms with Crippen LogP contribution < -0.4 is 14.5 Å². The highest BCUT2D eigenvalue weighted by Gasteiger charge is 2.21. The van der Waals surface area contributed by atoms with Gasteiger partial charge in [-0.15, -0.1) is 0 Å². The van der Waals surface area contributed by atoms with Crippen LogP contribution in [0.3, 0.4) is 0 Å². The molecule has 1 heterocycles. The van der Waals surface area contributed by atoms with Gasteiger partial charge in [-0.05, 0) is 61.0 Å². The van der Waals surface area contributed by atoms with E-state index in [-0.39, 0.29) is 10.8 Å². The number of aromatic nitrogens is 1. The van der Waals surface area contributed by atoms with Gasteiger partial charge in [-0.3, -0.25) is 9.10 Å². The van der Waals surface area contributed by atoms with Gasteiger partial charge in [-0.25, -0.2) is 13.4 Å². The summed E-state index contributed by atoms with van der Waals surface area (Å²) in [6.07, 6.45) is 1.70. The molecule has 0 atom stereocenters. The normalized spacial score (nSPS) is 11.1. The molecular formula is C23H26N4O3S. The fourth-order valence-electron chi connectivity index (χ4n) is 2.93. The first-order valence-corrected chi connectivity index (χ1v) is 11.2. The van der Waals surface area contributed by atoms with Gasteiger partial charge in [0.15, 0.2) is 0 Å². The molecule has 0 unspecified atom stereocenters. The molecule has 3 rings (SSSR count). The summed E-state index contributed by atoms with van der Waals surface area (Å²) in [5, 5.41) is 2.87. The predicted molar refractivity (Wildman–Crippen MR) is 123 cm³/mol. The van der Waals surface area contributed by atoms with Crippen molar-refractivity contribution in [3.8, 4) is 0 Å². The number of sulfonamides is 1. The highest BCUT2D eigenvalue weighted by atomic mass is 32.2. The third kappa shape index (κ3) is 5.21. The molecule has 0 radical (unpaired) electrons. The third-order valence-electron chi connectivity index (χ3n) is 4.89. The molecule has 31 heavy (non-hydrogen) atoms. The van der Waals surface area contributed by atoms with E-state index in [0.29, 0.717) is 17.8 Å². The summed E-state index contributed by atoms with van der Waals surface area (Å²) in [7, 11) is 1.63. The van der Waals surface area contributed by atoms with Crippen molar-refractivity contribution in [1.29, 1.82) is 0 Å². The number of hydrogen-bond donors (Lipinski definition) is 1. The summed E-state index contributed by atoms with van der Waals surface area (Å²) in [6.45, 7) is 2.27. The maximum absolute atomic E-state index is 12.8. The molecule has 0 aliphatic rings. The first-order valence-electron chi connectivity index (χ1n) is 9.74. The van der Waals surface area contributed by atoms with E-state index in [1.54, 1.807) is 54.7 Å². The van der Waals surface area contributed by atoms with Crippen LogP contribution in [0.15, 0.2) is 71.8 Å². The Morgan fingerprint density at radius 1 is 0.968 bits per heavy atom. The van der Waals surface area contributed by atoms with Crippen molar-refractivity contribution in [2.75, 3.05) is 30.3 Å². The number of carbonyl (C=O) groups is 1. The van der Waals surface area contributed by atoms with E-state index < -0.39 is 10.0 Å². The van der Waals surface area contributed by atoms with Gasteiger partial charge in [0.05, 0.1) is 10.6 Å². The molecule has 0 fully saturated rings. The second-order valence-electron chi connectivity index (χ2n) is 7.43. The van der Waals surface area contributed by atoms with E-state index >= 15 is 0 Å². The fourth-order valence-corrected chi connectivity index (χ4v) is 4.12. The molecule has 1 aromatic heterocycles. The van der Waals surface area contributed by atoms with Crippen molar-refractivity contribution in [1.82, 2.24) is 10.3 Å². The number of anilines is 2. The highest BCUT2D eigenvalue weighted by Crippen LogP contribution is 2.22. The zero-order valence-electron chi connectivity index (χ0n) is 18.0. The monoisotopic (exact) mass is 438 g/mol. The van der Waals surface area contributed by atoms with Crippen LogP contribution in [0.5, 0.6) is 0 Å². The number of nitrogens with zero attached hydrogens (tertiary/aromatic N) is 3. The molecule has 1 N–H and O–H groups in total. The maximum atomic E-state index is 12.8. The van der Waals surface area contributed by atoms with E-state index in [1.807, 2.05) is 38.1 Å². The van der Waals surface area contributed by atoms with Gasteiger partial charge in [0, 0.05) is 39.4 Å². The molecule has 0 saturated heterocycles. The van der Waals surface area contributed by atoms with Crippen molar-refractivity contribution in [3.05, 3.63) is 83.6 Å². The van der Waals surface area contributed by atoms with Crippen LogP contribution in [-0.4, -0.2) is 40.5 Å². The van der Waals surface area contributed by atoms with E-state index in [1.165, 1.54) is 11.4 Å². The first-order chi connectivity index (χ1) is 14.7. The van der Waals surface area contributed by atoms with Crippen molar-refractivity contribution in [2.45, 2.75) is 18.4 Å². The van der Waals surface area contributed by atoms with Crippen LogP contribution in [0.4, 0.5) is 11.5 Å². The smallest absolute Gasteiger partial charge is 0.264 e. The number of benzene rings is 2. The maximum Gasteiger partial charge on any atom is 0.264 e. The Balaban J connectivity index is 1.68. The molecule has 0 aliphatic heterocycles. The number of aryl methyl sites for hydroxylation is 1. The lowest BCUT2D eigenvalue weighted by Gasteiger charge is -2.20. The number of hydrogen-bond acceptors (Lipinski definition) is 5. The molecule has 0 spiro atoms. The number of amides is 1. The quantitative estimate of drug-likeness (QED) is 0.613. The zero-order chi connectivity index (χ0) is 22.6. The Kier molecular flexibility index (Phi) is 6.60. The van der Waals surface area contributed by atoms with Crippen molar-refractivity contribution in [2.24, 2.45) is 0 Å². The molecule has 0 bridgehead atoms. The lowest BCUT2D eigenvalue weighted by atomic mass is 10.2. The van der Waals surface area contributed by atoms with E-state index in [9.17, 15) is 13.2 Å². The highest BCUT2D eigenvalue weighted by molar-refractivity contribution is 7.92. The Morgan fingerprint density at radius 3 is 2.23 bits per heavy atom. The lowest BCUT2D eigenvalue weighted by Crippen LogP contribution is -2.27. The van der Waals surface area contributed by atoms with Crippen LogP contribution in [0.2, 0.25) is 0 Å². The van der Waals surface area contributed by atoms with Gasteiger partial charge in [0.2, 0.25) is 0 Å². The topological polar surface area (TPSA) is 82.6 Å². The van der Waals surface area contributed by atoms with Crippen molar-refractivity contribution in [3.63, 3.8) is 0 Å². The summed E-state index contributed by atoms with van der Waals surface area (Å²) in [5.41, 5.74) is 2.85. The average molecular weight is 439 g/mol. The Morgan fingerprint density at radius 2 is 1.61 bits per heavy atom. The fraction of sp³-hybridized carbons (Fsp3) is 0.217. The van der Waals surface area contributed by atoms with Crippen LogP contribution in [0.25, 0.3) is 0 Å². The molecule has 0 aliphatic carbocycles. The molecule has 0 saturated carbocycles. The minimum atomic E-state index is -3.68. The second kappa shape index (κ2) is 9.18. The predicted octanol–water partition coefficient (Wildman–Crippen LogP) is 3.21. The minimum Gasteiger partial charge on any atom is -0.363 e. The van der Waals surface area contributed by atoms with Crippen LogP contribution in [-0.2, 0) is 16.6 Å². The number of rotatable bonds is 7. The van der Waals surface area contributed by atoms with Gasteiger partial charge < -0.3 is 10.2 Å². The first kappa shape index (κ1) is 22.3. The Bertz CT molecular complexity index is 1160. The van der Waals surface area contributed by atoms with Gasteiger partial charge in [-0.2, -0.15) is 0 Å². The van der Waals surface area contributed by atoms with Crippen LogP contribution in [0, 0.1) is 6.92 Å². The summed E-state index contributed by atoms with van der Waals surface area (Å²) in [6, 6.07) is 16.9. The summed E-state index contributed by atoms with van der Waals surface area (Å²) < 4.78 is 26.9. The summed E-state index contributed by atoms with van der Waals surface area (Å²) in [4.78, 5) is 18.9. The van der Waals surface area contributed by atoms with E-state index in [2.05, 4.69) is 10.3 Å². The average Bonchev–Trinajstić information content (AvgIpc) is 2.77. The zero-order valence-corrected chi connectivity index (χ0v) is 18.8. The molecule has 1 amide bonds. The second-order valence-corrected chi connectivity index (χ2v) is 9.40. The molecule has 8 heteroatoms. The number of carbonyl (C=O) groups excluding carboxylic acids is 1.